The van der Waals surface area contributed by atoms with Gasteiger partial charge in [0.15, 0.2) is 0 Å². The van der Waals surface area contributed by atoms with Crippen molar-refractivity contribution in [2.24, 2.45) is 12.8 Å². The van der Waals surface area contributed by atoms with E-state index in [0.717, 1.165) is 0 Å². The number of sulfonamides is 1. The topological polar surface area (TPSA) is 90.5 Å². The number of aryl methyl sites for hydroxylation is 1. The van der Waals surface area contributed by atoms with Crippen LogP contribution in [-0.4, -0.2) is 54.8 Å². The number of ether oxygens (including phenoxy) is 1. The Labute approximate surface area is 100 Å². The first-order valence-electron chi connectivity index (χ1n) is 5.34. The minimum atomic E-state index is -3.47. The van der Waals surface area contributed by atoms with Gasteiger partial charge >= 0.3 is 0 Å². The lowest BCUT2D eigenvalue weighted by Crippen LogP contribution is -2.47. The van der Waals surface area contributed by atoms with Crippen LogP contribution in [0.2, 0.25) is 0 Å². The summed E-state index contributed by atoms with van der Waals surface area (Å²) in [5.41, 5.74) is 5.49. The molecule has 0 radical (unpaired) electrons. The molecule has 7 nitrogen and oxygen atoms in total. The summed E-state index contributed by atoms with van der Waals surface area (Å²) in [5.74, 6) is 0. The van der Waals surface area contributed by atoms with E-state index in [4.69, 9.17) is 10.5 Å². The second-order valence-electron chi connectivity index (χ2n) is 3.94. The number of morpholine rings is 1. The Morgan fingerprint density at radius 3 is 3.00 bits per heavy atom. The van der Waals surface area contributed by atoms with E-state index < -0.39 is 10.0 Å². The number of aromatic nitrogens is 2. The lowest BCUT2D eigenvalue weighted by Gasteiger charge is -2.31. The summed E-state index contributed by atoms with van der Waals surface area (Å²) < 4.78 is 32.7. The first-order valence-corrected chi connectivity index (χ1v) is 6.78. The SMILES string of the molecule is Cn1cc(S(=O)(=O)N2CCOC(CN)C2)cn1. The van der Waals surface area contributed by atoms with Crippen molar-refractivity contribution in [1.29, 1.82) is 0 Å². The lowest BCUT2D eigenvalue weighted by atomic mass is 10.3. The molecule has 1 saturated heterocycles. The van der Waals surface area contributed by atoms with Crippen LogP contribution in [0.25, 0.3) is 0 Å². The summed E-state index contributed by atoms with van der Waals surface area (Å²) in [6, 6.07) is 0. The smallest absolute Gasteiger partial charge is 0.246 e. The highest BCUT2D eigenvalue weighted by atomic mass is 32.2. The largest absolute Gasteiger partial charge is 0.374 e. The third-order valence-corrected chi connectivity index (χ3v) is 4.50. The average Bonchev–Trinajstić information content (AvgIpc) is 2.76. The standard InChI is InChI=1S/C9H16N4O3S/c1-12-7-9(5-11-12)17(14,15)13-2-3-16-8(4-10)6-13/h5,7-8H,2-4,6,10H2,1H3. The van der Waals surface area contributed by atoms with Gasteiger partial charge in [-0.3, -0.25) is 4.68 Å². The van der Waals surface area contributed by atoms with Gasteiger partial charge in [0, 0.05) is 32.9 Å². The number of nitrogens with zero attached hydrogens (tertiary/aromatic N) is 3. The van der Waals surface area contributed by atoms with Crippen molar-refractivity contribution in [2.45, 2.75) is 11.0 Å². The summed E-state index contributed by atoms with van der Waals surface area (Å²) in [6.07, 6.45) is 2.61. The number of hydrogen-bond acceptors (Lipinski definition) is 5. The molecule has 0 aliphatic carbocycles. The first-order chi connectivity index (χ1) is 8.04. The van der Waals surface area contributed by atoms with Crippen LogP contribution >= 0.6 is 0 Å². The van der Waals surface area contributed by atoms with E-state index in [9.17, 15) is 8.42 Å². The Hall–Kier alpha value is -0.960. The van der Waals surface area contributed by atoms with Gasteiger partial charge in [0.05, 0.1) is 18.9 Å². The normalized spacial score (nSPS) is 22.8. The molecular weight excluding hydrogens is 244 g/mol. The Morgan fingerprint density at radius 1 is 1.65 bits per heavy atom. The van der Waals surface area contributed by atoms with Crippen molar-refractivity contribution in [3.8, 4) is 0 Å². The van der Waals surface area contributed by atoms with Crippen LogP contribution in [0.4, 0.5) is 0 Å². The highest BCUT2D eigenvalue weighted by Crippen LogP contribution is 2.17. The predicted molar refractivity (Wildman–Crippen MR) is 60.8 cm³/mol. The molecule has 2 heterocycles. The van der Waals surface area contributed by atoms with Gasteiger partial charge in [-0.2, -0.15) is 9.40 Å². The van der Waals surface area contributed by atoms with Gasteiger partial charge in [0.1, 0.15) is 4.90 Å². The fourth-order valence-corrected chi connectivity index (χ4v) is 3.18. The molecule has 2 rings (SSSR count). The predicted octanol–water partition coefficient (Wildman–Crippen LogP) is -1.23. The van der Waals surface area contributed by atoms with E-state index in [2.05, 4.69) is 5.10 Å². The molecule has 1 atom stereocenters. The van der Waals surface area contributed by atoms with Gasteiger partial charge in [0.25, 0.3) is 0 Å². The van der Waals surface area contributed by atoms with Gasteiger partial charge in [-0.05, 0) is 0 Å². The van der Waals surface area contributed by atoms with Gasteiger partial charge in [-0.15, -0.1) is 0 Å². The third kappa shape index (κ3) is 2.49. The average molecular weight is 260 g/mol. The number of hydrogen-bond donors (Lipinski definition) is 1. The zero-order valence-electron chi connectivity index (χ0n) is 9.61. The van der Waals surface area contributed by atoms with Crippen LogP contribution in [0.15, 0.2) is 17.3 Å². The maximum Gasteiger partial charge on any atom is 0.246 e. The summed E-state index contributed by atoms with van der Waals surface area (Å²) in [4.78, 5) is 0.206. The fraction of sp³-hybridized carbons (Fsp3) is 0.667. The molecule has 1 aliphatic rings. The van der Waals surface area contributed by atoms with Crippen molar-refractivity contribution in [1.82, 2.24) is 14.1 Å². The Bertz CT molecular complexity index is 484. The van der Waals surface area contributed by atoms with Crippen molar-refractivity contribution < 1.29 is 13.2 Å². The fourth-order valence-electron chi connectivity index (χ4n) is 1.73. The molecule has 2 N–H and O–H groups in total. The molecular formula is C9H16N4O3S. The quantitative estimate of drug-likeness (QED) is 0.734. The highest BCUT2D eigenvalue weighted by Gasteiger charge is 2.30. The van der Waals surface area contributed by atoms with Gasteiger partial charge < -0.3 is 10.5 Å². The molecule has 0 amide bonds. The Kier molecular flexibility index (Phi) is 3.48. The maximum absolute atomic E-state index is 12.2. The zero-order valence-corrected chi connectivity index (χ0v) is 10.4. The second-order valence-corrected chi connectivity index (χ2v) is 5.88. The van der Waals surface area contributed by atoms with Crippen molar-refractivity contribution in [3.63, 3.8) is 0 Å². The molecule has 17 heavy (non-hydrogen) atoms. The van der Waals surface area contributed by atoms with E-state index in [-0.39, 0.29) is 11.0 Å². The molecule has 96 valence electrons. The summed E-state index contributed by atoms with van der Waals surface area (Å²) in [6.45, 7) is 1.35. The minimum Gasteiger partial charge on any atom is -0.374 e. The zero-order chi connectivity index (χ0) is 12.5. The molecule has 0 aromatic carbocycles. The number of rotatable bonds is 3. The summed E-state index contributed by atoms with van der Waals surface area (Å²) in [5, 5.41) is 3.87. The van der Waals surface area contributed by atoms with Gasteiger partial charge in [0.2, 0.25) is 10.0 Å². The van der Waals surface area contributed by atoms with Crippen molar-refractivity contribution >= 4 is 10.0 Å². The van der Waals surface area contributed by atoms with Gasteiger partial charge in [-0.1, -0.05) is 0 Å². The minimum absolute atomic E-state index is 0.206. The number of nitrogens with two attached hydrogens (primary N) is 1. The molecule has 1 aromatic heterocycles. The molecule has 0 bridgehead atoms. The van der Waals surface area contributed by atoms with E-state index in [0.29, 0.717) is 26.2 Å². The second kappa shape index (κ2) is 4.73. The molecule has 8 heteroatoms. The monoisotopic (exact) mass is 260 g/mol. The molecule has 0 spiro atoms. The summed E-state index contributed by atoms with van der Waals surface area (Å²) in [7, 11) is -1.79. The molecule has 1 fully saturated rings. The van der Waals surface area contributed by atoms with Crippen LogP contribution < -0.4 is 5.73 Å². The Balaban J connectivity index is 2.21. The summed E-state index contributed by atoms with van der Waals surface area (Å²) >= 11 is 0. The molecule has 1 aliphatic heterocycles. The van der Waals surface area contributed by atoms with Crippen LogP contribution in [-0.2, 0) is 21.8 Å². The van der Waals surface area contributed by atoms with Crippen molar-refractivity contribution in [2.75, 3.05) is 26.2 Å². The molecule has 1 aromatic rings. The van der Waals surface area contributed by atoms with Crippen LogP contribution in [0.1, 0.15) is 0 Å². The third-order valence-electron chi connectivity index (χ3n) is 2.68. The van der Waals surface area contributed by atoms with Crippen LogP contribution in [0, 0.1) is 0 Å². The Morgan fingerprint density at radius 2 is 2.41 bits per heavy atom. The first kappa shape index (κ1) is 12.5. The van der Waals surface area contributed by atoms with Crippen LogP contribution in [0.3, 0.4) is 0 Å². The highest BCUT2D eigenvalue weighted by molar-refractivity contribution is 7.89. The molecule has 0 saturated carbocycles. The van der Waals surface area contributed by atoms with E-state index in [1.165, 1.54) is 21.4 Å². The lowest BCUT2D eigenvalue weighted by molar-refractivity contribution is 0.00450. The van der Waals surface area contributed by atoms with E-state index in [1.54, 1.807) is 7.05 Å². The van der Waals surface area contributed by atoms with Gasteiger partial charge in [-0.25, -0.2) is 8.42 Å². The van der Waals surface area contributed by atoms with Crippen molar-refractivity contribution in [3.05, 3.63) is 12.4 Å². The van der Waals surface area contributed by atoms with E-state index in [1.807, 2.05) is 0 Å². The maximum atomic E-state index is 12.2. The van der Waals surface area contributed by atoms with Crippen LogP contribution in [0.5, 0.6) is 0 Å². The van der Waals surface area contributed by atoms with E-state index >= 15 is 0 Å². The molecule has 1 unspecified atom stereocenters.